The highest BCUT2D eigenvalue weighted by Crippen LogP contribution is 2.39. The molecule has 5 rings (SSSR count). The highest BCUT2D eigenvalue weighted by atomic mass is 35.7. The molecule has 0 N–H and O–H groups in total. The van der Waals surface area contributed by atoms with Gasteiger partial charge in [0, 0.05) is 17.7 Å². The third-order valence-electron chi connectivity index (χ3n) is 6.83. The molecule has 6 nitrogen and oxygen atoms in total. The van der Waals surface area contributed by atoms with Crippen molar-refractivity contribution < 1.29 is 60.1 Å². The Hall–Kier alpha value is -4.13. The van der Waals surface area contributed by atoms with Gasteiger partial charge in [-0.05, 0) is 43.2 Å². The van der Waals surface area contributed by atoms with Crippen LogP contribution in [0.5, 0.6) is 0 Å². The molecule has 43 heavy (non-hydrogen) atoms. The summed E-state index contributed by atoms with van der Waals surface area (Å²) in [6.45, 7) is 4.22. The molecule has 0 aliphatic carbocycles. The van der Waals surface area contributed by atoms with Gasteiger partial charge in [0.05, 0.1) is 11.0 Å². The number of rotatable bonds is 4. The fourth-order valence-electron chi connectivity index (χ4n) is 4.88. The summed E-state index contributed by atoms with van der Waals surface area (Å²) in [4.78, 5) is 0. The second-order valence-electron chi connectivity index (χ2n) is 9.91. The molecular weight excluding hydrogens is 597 g/mol. The Labute approximate surface area is 245 Å². The second kappa shape index (κ2) is 12.2. The van der Waals surface area contributed by atoms with Crippen LogP contribution < -0.4 is 18.6 Å². The number of ether oxygens (including phenoxy) is 1. The number of nitrogens with zero attached hydrogens (tertiary/aromatic N) is 1. The van der Waals surface area contributed by atoms with Gasteiger partial charge in [-0.3, -0.25) is 0 Å². The lowest BCUT2D eigenvalue weighted by atomic mass is 9.81. The van der Waals surface area contributed by atoms with E-state index < -0.39 is 50.7 Å². The molecule has 0 radical (unpaired) electrons. The van der Waals surface area contributed by atoms with Crippen LogP contribution in [0.4, 0.5) is 27.6 Å². The van der Waals surface area contributed by atoms with Crippen LogP contribution in [0.3, 0.4) is 0 Å². The lowest BCUT2D eigenvalue weighted by Crippen LogP contribution is -2.68. The van der Waals surface area contributed by atoms with Crippen LogP contribution in [0.15, 0.2) is 90.7 Å². The van der Waals surface area contributed by atoms with Crippen LogP contribution in [-0.4, -0.2) is 17.3 Å². The number of allylic oxidation sites excluding steroid dienone is 6. The summed E-state index contributed by atoms with van der Waals surface area (Å²) >= 11 is 0. The zero-order valence-electron chi connectivity index (χ0n) is 22.8. The van der Waals surface area contributed by atoms with E-state index in [0.29, 0.717) is 11.1 Å². The van der Waals surface area contributed by atoms with Crippen molar-refractivity contribution in [3.8, 4) is 0 Å². The summed E-state index contributed by atoms with van der Waals surface area (Å²) < 4.78 is 113. The number of fused-ring (bicyclic) bond motifs is 1. The Morgan fingerprint density at radius 1 is 0.767 bits per heavy atom. The van der Waals surface area contributed by atoms with Gasteiger partial charge in [0.1, 0.15) is 18.6 Å². The monoisotopic (exact) mass is 619 g/mol. The normalized spacial score (nSPS) is 16.9. The maximum absolute atomic E-state index is 14.7. The minimum Gasteiger partial charge on any atom is -0.456 e. The van der Waals surface area contributed by atoms with Crippen LogP contribution in [0.25, 0.3) is 11.3 Å². The summed E-state index contributed by atoms with van der Waals surface area (Å²) in [6, 6.07) is 16.9. The first kappa shape index (κ1) is 31.8. The number of hydrogen-bond donors (Lipinski definition) is 0. The lowest BCUT2D eigenvalue weighted by Gasteiger charge is -2.19. The number of halogens is 6. The average Bonchev–Trinajstić information content (AvgIpc) is 3.15. The predicted octanol–water partition coefficient (Wildman–Crippen LogP) is 3.23. The fourth-order valence-corrected chi connectivity index (χ4v) is 4.88. The van der Waals surface area contributed by atoms with Crippen molar-refractivity contribution in [3.05, 3.63) is 137 Å². The molecule has 2 aliphatic rings. The topological polar surface area (TPSA) is 104 Å². The SMILES string of the molecule is C[N+]1=C(/C=C/C=C2\C=C(c3ccccc3)C=C(c3c(F)c(F)c(F)c(F)c3F)O2)C(C)(C)c2ccccc21.[O-][Cl+3]([O-])([O-])[O-]. The van der Waals surface area contributed by atoms with Gasteiger partial charge in [-0.1, -0.05) is 54.6 Å². The van der Waals surface area contributed by atoms with Gasteiger partial charge >= 0.3 is 0 Å². The smallest absolute Gasteiger partial charge is 0.209 e. The van der Waals surface area contributed by atoms with Gasteiger partial charge in [0.15, 0.2) is 29.0 Å². The van der Waals surface area contributed by atoms with Crippen molar-refractivity contribution in [1.29, 1.82) is 0 Å². The van der Waals surface area contributed by atoms with Crippen LogP contribution in [-0.2, 0) is 10.2 Å². The summed E-state index contributed by atoms with van der Waals surface area (Å²) in [5.41, 5.74) is 3.02. The fraction of sp³-hybridized carbons (Fsp3) is 0.129. The van der Waals surface area contributed by atoms with Crippen LogP contribution in [0.1, 0.15) is 30.5 Å². The largest absolute Gasteiger partial charge is 0.456 e. The molecule has 3 aromatic carbocycles. The Kier molecular flexibility index (Phi) is 9.05. The van der Waals surface area contributed by atoms with E-state index in [-0.39, 0.29) is 11.2 Å². The molecule has 2 heterocycles. The molecule has 0 spiro atoms. The van der Waals surface area contributed by atoms with Crippen LogP contribution in [0.2, 0.25) is 0 Å². The van der Waals surface area contributed by atoms with E-state index in [1.54, 1.807) is 48.6 Å². The Balaban J connectivity index is 0.000000782. The molecule has 224 valence electrons. The van der Waals surface area contributed by atoms with Gasteiger partial charge in [-0.15, -0.1) is 10.2 Å². The summed E-state index contributed by atoms with van der Waals surface area (Å²) in [5, 5.41) is 0. The summed E-state index contributed by atoms with van der Waals surface area (Å²) in [6.07, 6.45) is 8.12. The van der Waals surface area contributed by atoms with Gasteiger partial charge in [-0.2, -0.15) is 4.58 Å². The molecule has 0 bridgehead atoms. The highest BCUT2D eigenvalue weighted by molar-refractivity contribution is 6.03. The molecule has 0 fully saturated rings. The average molecular weight is 620 g/mol. The third-order valence-corrected chi connectivity index (χ3v) is 6.83. The van der Waals surface area contributed by atoms with Crippen molar-refractivity contribution in [1.82, 2.24) is 0 Å². The molecule has 0 saturated carbocycles. The first-order chi connectivity index (χ1) is 20.1. The van der Waals surface area contributed by atoms with Crippen LogP contribution in [0, 0.1) is 39.3 Å². The minimum absolute atomic E-state index is 0.165. The van der Waals surface area contributed by atoms with E-state index in [4.69, 9.17) is 23.4 Å². The van der Waals surface area contributed by atoms with Gasteiger partial charge < -0.3 is 4.74 Å². The van der Waals surface area contributed by atoms with E-state index >= 15 is 0 Å². The van der Waals surface area contributed by atoms with Crippen molar-refractivity contribution in [2.75, 3.05) is 7.05 Å². The standard InChI is InChI=1S/C31H23F5NO.ClHO4/c1-31(2)21-13-7-8-14-22(21)37(3)24(31)15-9-12-20-16-19(18-10-5-4-6-11-18)17-23(38-20)25-26(32)28(34)30(36)29(35)27(25)33;2-1(3,4)5/h4-17H,1-3H3;(H,2,3,4,5)/q+1;/p-1/b15-9+,20-12+;. The van der Waals surface area contributed by atoms with Crippen molar-refractivity contribution in [2.45, 2.75) is 19.3 Å². The number of hydrogen-bond acceptors (Lipinski definition) is 5. The number of para-hydroxylation sites is 1. The van der Waals surface area contributed by atoms with E-state index in [2.05, 4.69) is 24.5 Å². The molecule has 0 aromatic heterocycles. The molecule has 12 heteroatoms. The maximum Gasteiger partial charge on any atom is 0.209 e. The van der Waals surface area contributed by atoms with Crippen molar-refractivity contribution >= 4 is 22.7 Å². The zero-order chi connectivity index (χ0) is 31.7. The van der Waals surface area contributed by atoms with E-state index in [0.717, 1.165) is 11.4 Å². The molecule has 3 aromatic rings. The minimum atomic E-state index is -4.94. The highest BCUT2D eigenvalue weighted by Gasteiger charge is 2.42. The van der Waals surface area contributed by atoms with Crippen LogP contribution >= 0.6 is 0 Å². The molecule has 0 unspecified atom stereocenters. The lowest BCUT2D eigenvalue weighted by molar-refractivity contribution is -2.00. The van der Waals surface area contributed by atoms with Gasteiger partial charge in [0.25, 0.3) is 0 Å². The molecular formula is C31H23ClF5NO5. The Morgan fingerprint density at radius 2 is 1.30 bits per heavy atom. The van der Waals surface area contributed by atoms with Gasteiger partial charge in [-0.25, -0.2) is 40.6 Å². The summed E-state index contributed by atoms with van der Waals surface area (Å²) in [7, 11) is -2.98. The maximum atomic E-state index is 14.7. The zero-order valence-corrected chi connectivity index (χ0v) is 23.6. The Morgan fingerprint density at radius 3 is 1.88 bits per heavy atom. The van der Waals surface area contributed by atoms with Gasteiger partial charge in [0.2, 0.25) is 11.5 Å². The van der Waals surface area contributed by atoms with E-state index in [1.165, 1.54) is 11.6 Å². The number of benzene rings is 3. The van der Waals surface area contributed by atoms with Crippen molar-refractivity contribution in [2.24, 2.45) is 0 Å². The van der Waals surface area contributed by atoms with E-state index in [9.17, 15) is 22.0 Å². The van der Waals surface area contributed by atoms with E-state index in [1.807, 2.05) is 31.3 Å². The Bertz CT molecular complexity index is 1690. The quantitative estimate of drug-likeness (QED) is 0.193. The molecule has 0 amide bonds. The molecule has 2 aliphatic heterocycles. The third kappa shape index (κ3) is 6.76. The molecule has 0 saturated heterocycles. The second-order valence-corrected chi connectivity index (χ2v) is 10.7. The first-order valence-electron chi connectivity index (χ1n) is 12.5. The predicted molar refractivity (Wildman–Crippen MR) is 137 cm³/mol. The first-order valence-corrected chi connectivity index (χ1v) is 13.7. The van der Waals surface area contributed by atoms with Crippen molar-refractivity contribution in [3.63, 3.8) is 0 Å². The summed E-state index contributed by atoms with van der Waals surface area (Å²) in [5.74, 6) is -10.5. The molecule has 0 atom stereocenters.